The van der Waals surface area contributed by atoms with Crippen molar-refractivity contribution in [3.8, 4) is 11.1 Å². The average Bonchev–Trinajstić information content (AvgIpc) is 2.97. The second-order valence-electron chi connectivity index (χ2n) is 5.93. The number of rotatable bonds is 4. The predicted octanol–water partition coefficient (Wildman–Crippen LogP) is 4.65. The first kappa shape index (κ1) is 16.2. The summed E-state index contributed by atoms with van der Waals surface area (Å²) in [6, 6.07) is 12.3. The summed E-state index contributed by atoms with van der Waals surface area (Å²) in [5.74, 6) is -0.345. The van der Waals surface area contributed by atoms with Crippen LogP contribution in [-0.2, 0) is 0 Å². The van der Waals surface area contributed by atoms with Gasteiger partial charge in [0.25, 0.3) is 0 Å². The lowest BCUT2D eigenvalue weighted by atomic mass is 10.0. The van der Waals surface area contributed by atoms with Crippen LogP contribution in [0.15, 0.2) is 42.5 Å². The molecule has 1 heterocycles. The molecular formula is C18H19ClF2N2. The molecule has 2 aromatic carbocycles. The summed E-state index contributed by atoms with van der Waals surface area (Å²) >= 11 is 6.17. The Kier molecular flexibility index (Phi) is 4.83. The predicted molar refractivity (Wildman–Crippen MR) is 91.2 cm³/mol. The first-order valence-electron chi connectivity index (χ1n) is 7.73. The zero-order valence-electron chi connectivity index (χ0n) is 12.8. The molecule has 2 N–H and O–H groups in total. The van der Waals surface area contributed by atoms with Crippen LogP contribution in [0.4, 0.5) is 14.5 Å². The lowest BCUT2D eigenvalue weighted by Gasteiger charge is -2.22. The maximum atomic E-state index is 14.8. The minimum atomic E-state index is -0.830. The maximum absolute atomic E-state index is 14.8. The summed E-state index contributed by atoms with van der Waals surface area (Å²) in [7, 11) is 0. The minimum absolute atomic E-state index is 0.00614. The molecule has 3 rings (SSSR count). The zero-order chi connectivity index (χ0) is 16.4. The third-order valence-corrected chi connectivity index (χ3v) is 4.59. The fourth-order valence-corrected chi connectivity index (χ4v) is 3.22. The fraction of sp³-hybridized carbons (Fsp3) is 0.333. The smallest absolute Gasteiger partial charge is 0.154 e. The van der Waals surface area contributed by atoms with E-state index in [2.05, 4.69) is 10.6 Å². The van der Waals surface area contributed by atoms with Crippen LogP contribution in [0.25, 0.3) is 11.1 Å². The Morgan fingerprint density at radius 3 is 2.61 bits per heavy atom. The van der Waals surface area contributed by atoms with Gasteiger partial charge in [-0.15, -0.1) is 0 Å². The summed E-state index contributed by atoms with van der Waals surface area (Å²) in [5, 5.41) is 6.78. The number of alkyl halides is 1. The normalized spacial score (nSPS) is 22.1. The molecule has 1 fully saturated rings. The zero-order valence-corrected chi connectivity index (χ0v) is 13.6. The van der Waals surface area contributed by atoms with Crippen molar-refractivity contribution in [2.75, 3.05) is 11.9 Å². The van der Waals surface area contributed by atoms with Gasteiger partial charge in [0.1, 0.15) is 6.17 Å². The number of benzene rings is 2. The van der Waals surface area contributed by atoms with Gasteiger partial charge in [0.05, 0.1) is 5.69 Å². The molecule has 0 spiro atoms. The van der Waals surface area contributed by atoms with Crippen LogP contribution >= 0.6 is 11.6 Å². The van der Waals surface area contributed by atoms with Crippen LogP contribution in [0.1, 0.15) is 13.3 Å². The second-order valence-corrected chi connectivity index (χ2v) is 6.33. The third kappa shape index (κ3) is 3.48. The molecule has 1 aliphatic heterocycles. The molecule has 5 heteroatoms. The van der Waals surface area contributed by atoms with Crippen molar-refractivity contribution in [2.24, 2.45) is 0 Å². The lowest BCUT2D eigenvalue weighted by Crippen LogP contribution is -2.38. The van der Waals surface area contributed by atoms with E-state index in [-0.39, 0.29) is 17.9 Å². The van der Waals surface area contributed by atoms with E-state index in [1.54, 1.807) is 30.3 Å². The number of anilines is 1. The van der Waals surface area contributed by atoms with E-state index in [0.29, 0.717) is 34.8 Å². The number of hydrogen-bond acceptors (Lipinski definition) is 2. The highest BCUT2D eigenvalue weighted by Gasteiger charge is 2.28. The third-order valence-electron chi connectivity index (χ3n) is 4.26. The van der Waals surface area contributed by atoms with Crippen molar-refractivity contribution in [1.29, 1.82) is 0 Å². The van der Waals surface area contributed by atoms with Gasteiger partial charge < -0.3 is 10.6 Å². The largest absolute Gasteiger partial charge is 0.379 e. The molecule has 122 valence electrons. The van der Waals surface area contributed by atoms with Gasteiger partial charge in [0.2, 0.25) is 0 Å². The van der Waals surface area contributed by atoms with E-state index in [1.165, 1.54) is 0 Å². The number of halogens is 3. The van der Waals surface area contributed by atoms with E-state index in [4.69, 9.17) is 11.6 Å². The van der Waals surface area contributed by atoms with Crippen LogP contribution in [0.5, 0.6) is 0 Å². The maximum Gasteiger partial charge on any atom is 0.154 e. The van der Waals surface area contributed by atoms with Crippen molar-refractivity contribution in [3.05, 3.63) is 53.3 Å². The topological polar surface area (TPSA) is 24.1 Å². The van der Waals surface area contributed by atoms with Crippen LogP contribution in [-0.4, -0.2) is 24.8 Å². The van der Waals surface area contributed by atoms with Gasteiger partial charge in [-0.25, -0.2) is 8.78 Å². The summed E-state index contributed by atoms with van der Waals surface area (Å²) in [5.41, 5.74) is 1.51. The lowest BCUT2D eigenvalue weighted by molar-refractivity contribution is 0.352. The van der Waals surface area contributed by atoms with Crippen LogP contribution in [0, 0.1) is 5.82 Å². The van der Waals surface area contributed by atoms with Gasteiger partial charge in [-0.1, -0.05) is 41.9 Å². The van der Waals surface area contributed by atoms with Crippen molar-refractivity contribution in [2.45, 2.75) is 31.6 Å². The van der Waals surface area contributed by atoms with Crippen LogP contribution < -0.4 is 10.6 Å². The van der Waals surface area contributed by atoms with Gasteiger partial charge in [-0.2, -0.15) is 0 Å². The Morgan fingerprint density at radius 1 is 1.17 bits per heavy atom. The summed E-state index contributed by atoms with van der Waals surface area (Å²) < 4.78 is 28.1. The van der Waals surface area contributed by atoms with Gasteiger partial charge in [-0.3, -0.25) is 0 Å². The van der Waals surface area contributed by atoms with Crippen molar-refractivity contribution in [1.82, 2.24) is 5.32 Å². The van der Waals surface area contributed by atoms with Crippen molar-refractivity contribution in [3.63, 3.8) is 0 Å². The first-order valence-corrected chi connectivity index (χ1v) is 8.11. The Labute approximate surface area is 139 Å². The highest BCUT2D eigenvalue weighted by atomic mass is 35.5. The molecule has 0 amide bonds. The molecule has 0 aromatic heterocycles. The molecule has 1 aliphatic rings. The van der Waals surface area contributed by atoms with Gasteiger partial charge in [0.15, 0.2) is 5.82 Å². The Morgan fingerprint density at radius 2 is 1.91 bits per heavy atom. The standard InChI is InChI=1S/C18H19ClF2N2/c1-11(17-9-12(20)10-22-17)23-16-8-4-6-14(18(16)21)13-5-2-3-7-15(13)19/h2-8,11-12,17,22-23H,9-10H2,1H3/t11?,12-,17+/m1/s1. The Hall–Kier alpha value is -1.65. The van der Waals surface area contributed by atoms with Gasteiger partial charge >= 0.3 is 0 Å². The Balaban J connectivity index is 1.84. The molecule has 0 bridgehead atoms. The minimum Gasteiger partial charge on any atom is -0.379 e. The molecule has 23 heavy (non-hydrogen) atoms. The molecule has 2 aromatic rings. The molecule has 1 saturated heterocycles. The van der Waals surface area contributed by atoms with E-state index < -0.39 is 6.17 Å². The highest BCUT2D eigenvalue weighted by Crippen LogP contribution is 2.33. The summed E-state index contributed by atoms with van der Waals surface area (Å²) in [4.78, 5) is 0. The quantitative estimate of drug-likeness (QED) is 0.849. The van der Waals surface area contributed by atoms with Gasteiger partial charge in [-0.05, 0) is 25.5 Å². The molecular weight excluding hydrogens is 318 g/mol. The van der Waals surface area contributed by atoms with E-state index in [9.17, 15) is 8.78 Å². The number of nitrogens with one attached hydrogen (secondary N) is 2. The summed E-state index contributed by atoms with van der Waals surface area (Å²) in [6.07, 6.45) is -0.386. The number of hydrogen-bond donors (Lipinski definition) is 2. The van der Waals surface area contributed by atoms with Crippen LogP contribution in [0.3, 0.4) is 0 Å². The second kappa shape index (κ2) is 6.85. The fourth-order valence-electron chi connectivity index (χ4n) is 2.98. The molecule has 1 unspecified atom stereocenters. The van der Waals surface area contributed by atoms with E-state index in [0.717, 1.165) is 0 Å². The van der Waals surface area contributed by atoms with Crippen molar-refractivity contribution < 1.29 is 8.78 Å². The monoisotopic (exact) mass is 336 g/mol. The first-order chi connectivity index (χ1) is 11.1. The average molecular weight is 337 g/mol. The SMILES string of the molecule is CC(Nc1cccc(-c2ccccc2Cl)c1F)[C@@H]1C[C@@H](F)CN1. The van der Waals surface area contributed by atoms with E-state index in [1.807, 2.05) is 19.1 Å². The van der Waals surface area contributed by atoms with Crippen molar-refractivity contribution >= 4 is 17.3 Å². The molecule has 3 atom stereocenters. The van der Waals surface area contributed by atoms with Gasteiger partial charge in [0, 0.05) is 34.8 Å². The highest BCUT2D eigenvalue weighted by molar-refractivity contribution is 6.33. The molecule has 2 nitrogen and oxygen atoms in total. The summed E-state index contributed by atoms with van der Waals surface area (Å²) in [6.45, 7) is 2.29. The Bertz CT molecular complexity index is 692. The molecule has 0 aliphatic carbocycles. The van der Waals surface area contributed by atoms with E-state index >= 15 is 0 Å². The van der Waals surface area contributed by atoms with Crippen LogP contribution in [0.2, 0.25) is 5.02 Å². The molecule has 0 radical (unpaired) electrons. The molecule has 0 saturated carbocycles.